The number of nitrogens with zero attached hydrogens (tertiary/aromatic N) is 2. The van der Waals surface area contributed by atoms with E-state index in [1.165, 1.54) is 44.3 Å². The maximum absolute atomic E-state index is 6.57. The molecule has 0 aliphatic carbocycles. The predicted molar refractivity (Wildman–Crippen MR) is 196 cm³/mol. The van der Waals surface area contributed by atoms with Gasteiger partial charge >= 0.3 is 0 Å². The maximum atomic E-state index is 6.57. The summed E-state index contributed by atoms with van der Waals surface area (Å²) in [6.45, 7) is 6.88. The summed E-state index contributed by atoms with van der Waals surface area (Å²) >= 11 is 0. The van der Waals surface area contributed by atoms with Crippen LogP contribution in [-0.2, 0) is 5.41 Å². The van der Waals surface area contributed by atoms with Gasteiger partial charge in [-0.25, -0.2) is 0 Å². The molecule has 2 aliphatic heterocycles. The quantitative estimate of drug-likeness (QED) is 0.198. The Labute approximate surface area is 275 Å². The minimum Gasteiger partial charge on any atom is -0.453 e. The van der Waals surface area contributed by atoms with Crippen molar-refractivity contribution >= 4 is 44.9 Å². The van der Waals surface area contributed by atoms with Gasteiger partial charge in [-0.1, -0.05) is 117 Å². The number of ether oxygens (including phenoxy) is 1. The molecule has 2 aliphatic rings. The number of aryl methyl sites for hydroxylation is 1. The molecular formula is C44H34N2O. The first-order valence-electron chi connectivity index (χ1n) is 16.3. The zero-order valence-electron chi connectivity index (χ0n) is 26.7. The number of benzene rings is 7. The Morgan fingerprint density at radius 3 is 2.02 bits per heavy atom. The largest absolute Gasteiger partial charge is 0.453 e. The Morgan fingerprint density at radius 1 is 0.553 bits per heavy atom. The zero-order valence-corrected chi connectivity index (χ0v) is 26.7. The van der Waals surface area contributed by atoms with Crippen LogP contribution in [0.1, 0.15) is 30.5 Å². The van der Waals surface area contributed by atoms with E-state index in [0.29, 0.717) is 0 Å². The molecule has 7 aromatic carbocycles. The highest BCUT2D eigenvalue weighted by molar-refractivity contribution is 5.98. The molecule has 0 atom stereocenters. The highest BCUT2D eigenvalue weighted by Gasteiger charge is 2.44. The number of para-hydroxylation sites is 2. The molecule has 0 amide bonds. The molecule has 2 heterocycles. The van der Waals surface area contributed by atoms with Crippen molar-refractivity contribution in [2.45, 2.75) is 26.2 Å². The number of hydrogen-bond acceptors (Lipinski definition) is 3. The predicted octanol–water partition coefficient (Wildman–Crippen LogP) is 12.5. The molecule has 0 saturated heterocycles. The van der Waals surface area contributed by atoms with Crippen molar-refractivity contribution in [1.82, 2.24) is 0 Å². The highest BCUT2D eigenvalue weighted by Crippen LogP contribution is 2.62. The van der Waals surface area contributed by atoms with Crippen LogP contribution in [0.3, 0.4) is 0 Å². The summed E-state index contributed by atoms with van der Waals surface area (Å²) in [4.78, 5) is 4.88. The van der Waals surface area contributed by atoms with Crippen LogP contribution in [0.25, 0.3) is 21.9 Å². The van der Waals surface area contributed by atoms with E-state index >= 15 is 0 Å². The van der Waals surface area contributed by atoms with Crippen LogP contribution in [0.5, 0.6) is 11.5 Å². The van der Waals surface area contributed by atoms with E-state index in [1.807, 2.05) is 0 Å². The Balaban J connectivity index is 1.31. The van der Waals surface area contributed by atoms with Gasteiger partial charge in [-0.05, 0) is 88.5 Å². The molecular weight excluding hydrogens is 572 g/mol. The van der Waals surface area contributed by atoms with Crippen molar-refractivity contribution in [3.05, 3.63) is 168 Å². The normalized spacial score (nSPS) is 13.7. The molecule has 0 aromatic heterocycles. The molecule has 3 heteroatoms. The molecule has 47 heavy (non-hydrogen) atoms. The topological polar surface area (TPSA) is 15.7 Å². The van der Waals surface area contributed by atoms with Crippen LogP contribution < -0.4 is 14.5 Å². The fraction of sp³-hybridized carbons (Fsp3) is 0.0909. The summed E-state index contributed by atoms with van der Waals surface area (Å²) in [6, 6.07) is 54.6. The number of anilines is 6. The second kappa shape index (κ2) is 10.4. The lowest BCUT2D eigenvalue weighted by Gasteiger charge is -2.47. The summed E-state index contributed by atoms with van der Waals surface area (Å²) in [6.07, 6.45) is 0. The van der Waals surface area contributed by atoms with Gasteiger partial charge in [-0.2, -0.15) is 0 Å². The molecule has 0 fully saturated rings. The zero-order chi connectivity index (χ0) is 31.7. The number of fused-ring (bicyclic) bond motifs is 5. The van der Waals surface area contributed by atoms with E-state index in [1.54, 1.807) is 0 Å². The molecule has 7 aromatic rings. The summed E-state index contributed by atoms with van der Waals surface area (Å²) in [5.41, 5.74) is 12.6. The minimum atomic E-state index is -0.323. The van der Waals surface area contributed by atoms with Gasteiger partial charge in [-0.3, -0.25) is 0 Å². The molecule has 226 valence electrons. The molecule has 9 rings (SSSR count). The van der Waals surface area contributed by atoms with Crippen molar-refractivity contribution in [3.63, 3.8) is 0 Å². The molecule has 0 unspecified atom stereocenters. The van der Waals surface area contributed by atoms with Gasteiger partial charge in [-0.15, -0.1) is 0 Å². The number of rotatable bonds is 4. The lowest BCUT2D eigenvalue weighted by molar-refractivity contribution is 0.471. The van der Waals surface area contributed by atoms with Gasteiger partial charge in [0.2, 0.25) is 0 Å². The fourth-order valence-corrected chi connectivity index (χ4v) is 7.66. The molecule has 0 bridgehead atoms. The second-order valence-electron chi connectivity index (χ2n) is 13.1. The van der Waals surface area contributed by atoms with E-state index < -0.39 is 0 Å². The van der Waals surface area contributed by atoms with Crippen molar-refractivity contribution in [1.29, 1.82) is 0 Å². The Kier molecular flexibility index (Phi) is 6.07. The van der Waals surface area contributed by atoms with E-state index in [9.17, 15) is 0 Å². The monoisotopic (exact) mass is 606 g/mol. The minimum absolute atomic E-state index is 0.323. The third-order valence-electron chi connectivity index (χ3n) is 9.89. The standard InChI is InChI=1S/C44H34N2O/c1-29-12-9-20-39-42(29)46-38-19-11-18-37(41(38)44(2,3)36-17-10-21-40(47-39)43(36)46)45(35-27-24-31-15-7-8-16-33(31)28-35)34-25-22-32(23-26-34)30-13-5-4-6-14-30/h4-28H,1-3H3. The lowest BCUT2D eigenvalue weighted by atomic mass is 9.72. The molecule has 0 N–H and O–H groups in total. The van der Waals surface area contributed by atoms with Crippen molar-refractivity contribution in [3.8, 4) is 22.6 Å². The van der Waals surface area contributed by atoms with Crippen LogP contribution in [0.4, 0.5) is 34.1 Å². The average molecular weight is 607 g/mol. The van der Waals surface area contributed by atoms with E-state index in [0.717, 1.165) is 39.9 Å². The second-order valence-corrected chi connectivity index (χ2v) is 13.1. The molecule has 0 saturated carbocycles. The summed E-state index contributed by atoms with van der Waals surface area (Å²) < 4.78 is 6.57. The van der Waals surface area contributed by atoms with E-state index in [4.69, 9.17) is 4.74 Å². The molecule has 0 radical (unpaired) electrons. The van der Waals surface area contributed by atoms with E-state index in [-0.39, 0.29) is 5.41 Å². The Hall–Kier alpha value is -5.80. The Bertz CT molecular complexity index is 2320. The van der Waals surface area contributed by atoms with Gasteiger partial charge in [0.05, 0.1) is 22.7 Å². The van der Waals surface area contributed by atoms with Crippen LogP contribution in [0.15, 0.2) is 152 Å². The van der Waals surface area contributed by atoms with Crippen molar-refractivity contribution < 1.29 is 4.74 Å². The average Bonchev–Trinajstić information content (AvgIpc) is 3.11. The first-order chi connectivity index (χ1) is 23.0. The van der Waals surface area contributed by atoms with E-state index in [2.05, 4.69) is 182 Å². The highest BCUT2D eigenvalue weighted by atomic mass is 16.5. The van der Waals surface area contributed by atoms with Crippen molar-refractivity contribution in [2.75, 3.05) is 9.80 Å². The lowest BCUT2D eigenvalue weighted by Crippen LogP contribution is -2.34. The SMILES string of the molecule is Cc1cccc2c1N1c3cccc(N(c4ccc(-c5ccccc5)cc4)c4ccc5ccccc5c4)c3C(C)(C)c3cccc(c31)O2. The van der Waals surface area contributed by atoms with Crippen LogP contribution in [-0.4, -0.2) is 0 Å². The van der Waals surface area contributed by atoms with Gasteiger partial charge < -0.3 is 14.5 Å². The molecule has 0 spiro atoms. The summed E-state index contributed by atoms with van der Waals surface area (Å²) in [5.74, 6) is 1.78. The van der Waals surface area contributed by atoms with Gasteiger partial charge in [0, 0.05) is 22.4 Å². The fourth-order valence-electron chi connectivity index (χ4n) is 7.66. The maximum Gasteiger partial charge on any atom is 0.151 e. The van der Waals surface area contributed by atoms with Crippen LogP contribution in [0, 0.1) is 6.92 Å². The van der Waals surface area contributed by atoms with Crippen LogP contribution >= 0.6 is 0 Å². The van der Waals surface area contributed by atoms with Crippen LogP contribution in [0.2, 0.25) is 0 Å². The summed E-state index contributed by atoms with van der Waals surface area (Å²) in [7, 11) is 0. The first-order valence-corrected chi connectivity index (χ1v) is 16.3. The summed E-state index contributed by atoms with van der Waals surface area (Å²) in [5, 5.41) is 2.44. The Morgan fingerprint density at radius 2 is 1.21 bits per heavy atom. The number of hydrogen-bond donors (Lipinski definition) is 0. The third-order valence-corrected chi connectivity index (χ3v) is 9.89. The smallest absolute Gasteiger partial charge is 0.151 e. The first kappa shape index (κ1) is 27.5. The van der Waals surface area contributed by atoms with Crippen molar-refractivity contribution in [2.24, 2.45) is 0 Å². The van der Waals surface area contributed by atoms with Gasteiger partial charge in [0.25, 0.3) is 0 Å². The van der Waals surface area contributed by atoms with Gasteiger partial charge in [0.15, 0.2) is 11.5 Å². The third kappa shape index (κ3) is 4.20. The van der Waals surface area contributed by atoms with Gasteiger partial charge in [0.1, 0.15) is 0 Å². The molecule has 3 nitrogen and oxygen atoms in total.